The van der Waals surface area contributed by atoms with E-state index in [1.807, 2.05) is 73.6 Å². The van der Waals surface area contributed by atoms with Gasteiger partial charge in [-0.15, -0.1) is 0 Å². The molecule has 13 heteroatoms. The van der Waals surface area contributed by atoms with Gasteiger partial charge in [-0.3, -0.25) is 0 Å². The van der Waals surface area contributed by atoms with Crippen molar-refractivity contribution in [1.82, 2.24) is 15.0 Å². The fourth-order valence-corrected chi connectivity index (χ4v) is 2.37. The SMILES string of the molecule is [Cl-].[Cl-].[Cl-].[Cl-].[Cl-].[Cl-].[Sb+3].c1cc(-c2nc(-c3cc[nH+]cc3)nc(-c3cc[nH+]cc3)n2)cc[nH+]1. The van der Waals surface area contributed by atoms with Gasteiger partial charge in [-0.05, 0) is 0 Å². The summed E-state index contributed by atoms with van der Waals surface area (Å²) >= 11 is 0. The number of aromatic nitrogens is 6. The first-order valence-electron chi connectivity index (χ1n) is 7.56. The number of hydrogen-bond donors (Lipinski definition) is 0. The molecule has 0 aliphatic heterocycles. The van der Waals surface area contributed by atoms with Gasteiger partial charge in [0.05, 0.1) is 0 Å². The van der Waals surface area contributed by atoms with Crippen LogP contribution >= 0.6 is 0 Å². The van der Waals surface area contributed by atoms with Crippen molar-refractivity contribution in [2.75, 3.05) is 0 Å². The third kappa shape index (κ3) is 9.58. The molecule has 0 amide bonds. The van der Waals surface area contributed by atoms with Crippen molar-refractivity contribution in [2.45, 2.75) is 0 Å². The number of pyridine rings is 3. The second kappa shape index (κ2) is 18.6. The van der Waals surface area contributed by atoms with E-state index in [0.717, 1.165) is 16.7 Å². The van der Waals surface area contributed by atoms with Crippen molar-refractivity contribution in [3.63, 3.8) is 0 Å². The summed E-state index contributed by atoms with van der Waals surface area (Å²) in [6.07, 6.45) is 11.1. The Labute approximate surface area is 234 Å². The molecule has 0 unspecified atom stereocenters. The summed E-state index contributed by atoms with van der Waals surface area (Å²) in [6.45, 7) is 0. The van der Waals surface area contributed by atoms with Crippen LogP contribution in [0.3, 0.4) is 0 Å². The maximum Gasteiger partial charge on any atom is 3.00 e. The molecular weight excluding hydrogens is 635 g/mol. The third-order valence-electron chi connectivity index (χ3n) is 3.56. The van der Waals surface area contributed by atoms with Gasteiger partial charge in [-0.1, -0.05) is 0 Å². The predicted octanol–water partition coefficient (Wildman–Crippen LogP) is -17.0. The first-order valence-corrected chi connectivity index (χ1v) is 7.56. The minimum atomic E-state index is 0. The van der Waals surface area contributed by atoms with Crippen LogP contribution in [0.2, 0.25) is 0 Å². The molecule has 4 heterocycles. The molecule has 4 aromatic heterocycles. The fourth-order valence-electron chi connectivity index (χ4n) is 2.37. The number of halogens is 6. The van der Waals surface area contributed by atoms with Gasteiger partial charge < -0.3 is 74.4 Å². The molecule has 2 radical (unpaired) electrons. The van der Waals surface area contributed by atoms with Crippen LogP contribution in [0.15, 0.2) is 73.6 Å². The molecule has 4 aromatic rings. The molecular formula is C18H15Cl6N6Sb. The van der Waals surface area contributed by atoms with E-state index in [0.29, 0.717) is 17.5 Å². The number of nitrogens with zero attached hydrogens (tertiary/aromatic N) is 3. The first-order chi connectivity index (χ1) is 11.9. The van der Waals surface area contributed by atoms with Gasteiger partial charge in [-0.25, -0.2) is 29.9 Å². The van der Waals surface area contributed by atoms with Gasteiger partial charge in [0.1, 0.15) is 0 Å². The van der Waals surface area contributed by atoms with Gasteiger partial charge >= 0.3 is 24.4 Å². The average Bonchev–Trinajstić information content (AvgIpc) is 2.70. The Morgan fingerprint density at radius 1 is 0.387 bits per heavy atom. The van der Waals surface area contributed by atoms with Crippen LogP contribution in [-0.2, 0) is 0 Å². The zero-order chi connectivity index (χ0) is 16.2. The molecule has 0 saturated heterocycles. The molecule has 0 spiro atoms. The van der Waals surface area contributed by atoms with Crippen molar-refractivity contribution in [3.05, 3.63) is 73.6 Å². The van der Waals surface area contributed by atoms with Crippen molar-refractivity contribution in [2.24, 2.45) is 0 Å². The van der Waals surface area contributed by atoms with E-state index in [-0.39, 0.29) is 98.9 Å². The van der Waals surface area contributed by atoms with E-state index in [9.17, 15) is 0 Å². The van der Waals surface area contributed by atoms with Gasteiger partial charge in [0.25, 0.3) is 0 Å². The Bertz CT molecular complexity index is 831. The van der Waals surface area contributed by atoms with Gasteiger partial charge in [-0.2, -0.15) is 0 Å². The summed E-state index contributed by atoms with van der Waals surface area (Å²) in [5.41, 5.74) is 2.80. The Balaban J connectivity index is -0.000000521. The van der Waals surface area contributed by atoms with Crippen LogP contribution in [0.25, 0.3) is 34.2 Å². The van der Waals surface area contributed by atoms with Crippen molar-refractivity contribution < 1.29 is 89.4 Å². The predicted molar refractivity (Wildman–Crippen MR) is 91.6 cm³/mol. The maximum absolute atomic E-state index is 4.64. The third-order valence-corrected chi connectivity index (χ3v) is 3.56. The Kier molecular flexibility index (Phi) is 22.4. The van der Waals surface area contributed by atoms with Crippen LogP contribution < -0.4 is 89.4 Å². The van der Waals surface area contributed by atoms with Crippen LogP contribution in [0.5, 0.6) is 0 Å². The summed E-state index contributed by atoms with van der Waals surface area (Å²) in [5, 5.41) is 0. The Hall–Kier alpha value is -0.982. The zero-order valence-corrected chi connectivity index (χ0v) is 22.6. The molecule has 0 atom stereocenters. The Morgan fingerprint density at radius 3 is 0.774 bits per heavy atom. The largest absolute Gasteiger partial charge is 3.00 e. The number of nitrogens with one attached hydrogen (secondary N) is 3. The smallest absolute Gasteiger partial charge is 1.00 e. The summed E-state index contributed by atoms with van der Waals surface area (Å²) in [5.74, 6) is 1.93. The van der Waals surface area contributed by atoms with Gasteiger partial charge in [0.15, 0.2) is 54.7 Å². The number of hydrogen-bond acceptors (Lipinski definition) is 3. The summed E-state index contributed by atoms with van der Waals surface area (Å²) in [6, 6.07) is 11.7. The summed E-state index contributed by atoms with van der Waals surface area (Å²) in [7, 11) is 0. The van der Waals surface area contributed by atoms with E-state index in [4.69, 9.17) is 0 Å². The second-order valence-corrected chi connectivity index (χ2v) is 5.17. The number of rotatable bonds is 3. The fraction of sp³-hybridized carbons (Fsp3) is 0. The van der Waals surface area contributed by atoms with E-state index in [2.05, 4.69) is 29.9 Å². The van der Waals surface area contributed by atoms with Crippen molar-refractivity contribution >= 4 is 24.4 Å². The maximum atomic E-state index is 4.64. The minimum Gasteiger partial charge on any atom is -1.00 e. The van der Waals surface area contributed by atoms with E-state index < -0.39 is 0 Å². The monoisotopic (exact) mass is 646 g/mol. The molecule has 6 nitrogen and oxygen atoms in total. The summed E-state index contributed by atoms with van der Waals surface area (Å²) < 4.78 is 0. The normalized spacial score (nSPS) is 8.13. The quantitative estimate of drug-likeness (QED) is 0.207. The van der Waals surface area contributed by atoms with Crippen LogP contribution in [0, 0.1) is 0 Å². The molecule has 0 aliphatic rings. The molecule has 0 bridgehead atoms. The van der Waals surface area contributed by atoms with Gasteiger partial charge in [0.2, 0.25) is 0 Å². The van der Waals surface area contributed by atoms with Crippen molar-refractivity contribution in [1.29, 1.82) is 0 Å². The standard InChI is InChI=1S/C18H12N6.6ClH.Sb/c1-7-19-8-2-13(1)16-22-17(14-3-9-20-10-4-14)24-18(23-16)15-5-11-21-12-6-15;;;;;;;/h1-12H;6*1H;/q;;;;;;;+3/p-3. The summed E-state index contributed by atoms with van der Waals surface area (Å²) in [4.78, 5) is 23.0. The average molecular weight is 650 g/mol. The number of aromatic amines is 3. The van der Waals surface area contributed by atoms with Crippen molar-refractivity contribution in [3.8, 4) is 34.2 Å². The molecule has 4 rings (SSSR count). The molecule has 0 aliphatic carbocycles. The second-order valence-electron chi connectivity index (χ2n) is 5.17. The molecule has 0 aromatic carbocycles. The topological polar surface area (TPSA) is 81.1 Å². The van der Waals surface area contributed by atoms with E-state index in [1.54, 1.807) is 0 Å². The molecule has 0 fully saturated rings. The molecule has 31 heavy (non-hydrogen) atoms. The van der Waals surface area contributed by atoms with Crippen LogP contribution in [0.1, 0.15) is 0 Å². The minimum absolute atomic E-state index is 0. The molecule has 164 valence electrons. The van der Waals surface area contributed by atoms with Crippen LogP contribution in [0.4, 0.5) is 0 Å². The van der Waals surface area contributed by atoms with Crippen LogP contribution in [-0.4, -0.2) is 39.4 Å². The van der Waals surface area contributed by atoms with Gasteiger partial charge in [0, 0.05) is 53.1 Å². The molecule has 3 N–H and O–H groups in total. The molecule has 0 saturated carbocycles. The Morgan fingerprint density at radius 2 is 0.581 bits per heavy atom. The van der Waals surface area contributed by atoms with E-state index >= 15 is 0 Å². The van der Waals surface area contributed by atoms with E-state index in [1.165, 1.54) is 0 Å². The first kappa shape index (κ1) is 37.3. The zero-order valence-electron chi connectivity index (χ0n) is 15.5. The number of H-pyrrole nitrogens is 3.